The molecule has 1 N–H and O–H groups in total. The SMILES string of the molecule is CSC1CCC(NC(C)c2ccc(Br)cc2Br)C1. The standard InChI is InChI=1S/C14H19Br2NS/c1-9(13-6-3-10(15)7-14(13)16)17-11-4-5-12(8-11)18-2/h3,6-7,9,11-12,17H,4-5,8H2,1-2H3. The highest BCUT2D eigenvalue weighted by atomic mass is 79.9. The van der Waals surface area contributed by atoms with E-state index in [4.69, 9.17) is 0 Å². The van der Waals surface area contributed by atoms with Crippen molar-refractivity contribution in [2.24, 2.45) is 0 Å². The topological polar surface area (TPSA) is 12.0 Å². The molecule has 0 heterocycles. The molecule has 0 aromatic heterocycles. The van der Waals surface area contributed by atoms with Crippen LogP contribution in [-0.4, -0.2) is 17.5 Å². The van der Waals surface area contributed by atoms with Crippen LogP contribution in [0.1, 0.15) is 37.8 Å². The van der Waals surface area contributed by atoms with E-state index in [0.29, 0.717) is 12.1 Å². The largest absolute Gasteiger partial charge is 0.307 e. The fourth-order valence-corrected chi connectivity index (χ4v) is 4.79. The van der Waals surface area contributed by atoms with Gasteiger partial charge in [-0.2, -0.15) is 11.8 Å². The van der Waals surface area contributed by atoms with Gasteiger partial charge in [0.1, 0.15) is 0 Å². The molecule has 1 aromatic rings. The molecule has 0 amide bonds. The third-order valence-corrected chi connectivity index (χ3v) is 5.91. The predicted octanol–water partition coefficient (Wildman–Crippen LogP) is 5.15. The molecular weight excluding hydrogens is 374 g/mol. The van der Waals surface area contributed by atoms with Crippen molar-refractivity contribution in [1.29, 1.82) is 0 Å². The van der Waals surface area contributed by atoms with Crippen LogP contribution in [0.15, 0.2) is 27.1 Å². The molecule has 0 saturated heterocycles. The van der Waals surface area contributed by atoms with Gasteiger partial charge in [0, 0.05) is 26.3 Å². The first kappa shape index (κ1) is 14.9. The smallest absolute Gasteiger partial charge is 0.0305 e. The lowest BCUT2D eigenvalue weighted by Gasteiger charge is -2.21. The Hall–Kier alpha value is 0.490. The number of hydrogen-bond acceptors (Lipinski definition) is 2. The van der Waals surface area contributed by atoms with Crippen LogP contribution in [-0.2, 0) is 0 Å². The zero-order valence-corrected chi connectivity index (χ0v) is 14.7. The summed E-state index contributed by atoms with van der Waals surface area (Å²) in [5.74, 6) is 0. The number of benzene rings is 1. The number of thioether (sulfide) groups is 1. The van der Waals surface area contributed by atoms with E-state index in [1.165, 1.54) is 29.3 Å². The van der Waals surface area contributed by atoms with Gasteiger partial charge in [-0.25, -0.2) is 0 Å². The van der Waals surface area contributed by atoms with Crippen LogP contribution in [0.5, 0.6) is 0 Å². The highest BCUT2D eigenvalue weighted by Crippen LogP contribution is 2.31. The van der Waals surface area contributed by atoms with Crippen LogP contribution in [0.25, 0.3) is 0 Å². The molecule has 0 radical (unpaired) electrons. The van der Waals surface area contributed by atoms with Crippen LogP contribution in [0.2, 0.25) is 0 Å². The van der Waals surface area contributed by atoms with Gasteiger partial charge in [-0.3, -0.25) is 0 Å². The summed E-state index contributed by atoms with van der Waals surface area (Å²) in [5, 5.41) is 4.61. The quantitative estimate of drug-likeness (QED) is 0.760. The van der Waals surface area contributed by atoms with E-state index in [1.807, 2.05) is 11.8 Å². The number of halogens is 2. The maximum Gasteiger partial charge on any atom is 0.0305 e. The Morgan fingerprint density at radius 1 is 1.33 bits per heavy atom. The van der Waals surface area contributed by atoms with Crippen molar-refractivity contribution in [2.45, 2.75) is 43.5 Å². The van der Waals surface area contributed by atoms with Gasteiger partial charge in [0.15, 0.2) is 0 Å². The molecule has 0 bridgehead atoms. The molecule has 18 heavy (non-hydrogen) atoms. The number of hydrogen-bond donors (Lipinski definition) is 1. The average Bonchev–Trinajstić information content (AvgIpc) is 2.76. The maximum absolute atomic E-state index is 3.76. The van der Waals surface area contributed by atoms with Crippen LogP contribution in [0, 0.1) is 0 Å². The zero-order valence-electron chi connectivity index (χ0n) is 10.7. The van der Waals surface area contributed by atoms with Gasteiger partial charge >= 0.3 is 0 Å². The second-order valence-corrected chi connectivity index (χ2v) is 7.83. The average molecular weight is 393 g/mol. The van der Waals surface area contributed by atoms with Crippen LogP contribution in [0.4, 0.5) is 0 Å². The summed E-state index contributed by atoms with van der Waals surface area (Å²) >= 11 is 9.15. The molecule has 4 heteroatoms. The number of nitrogens with one attached hydrogen (secondary N) is 1. The van der Waals surface area contributed by atoms with Gasteiger partial charge in [0.05, 0.1) is 0 Å². The van der Waals surface area contributed by atoms with Crippen molar-refractivity contribution < 1.29 is 0 Å². The van der Waals surface area contributed by atoms with Crippen molar-refractivity contribution >= 4 is 43.6 Å². The van der Waals surface area contributed by atoms with Gasteiger partial charge in [-0.1, -0.05) is 37.9 Å². The molecule has 1 fully saturated rings. The van der Waals surface area contributed by atoms with E-state index in [2.05, 4.69) is 68.6 Å². The first-order chi connectivity index (χ1) is 8.60. The third kappa shape index (κ3) is 3.75. The highest BCUT2D eigenvalue weighted by molar-refractivity contribution is 9.11. The van der Waals surface area contributed by atoms with E-state index in [0.717, 1.165) is 9.72 Å². The lowest BCUT2D eigenvalue weighted by Crippen LogP contribution is -2.29. The fraction of sp³-hybridized carbons (Fsp3) is 0.571. The van der Waals surface area contributed by atoms with Crippen LogP contribution >= 0.6 is 43.6 Å². The summed E-state index contributed by atoms with van der Waals surface area (Å²) in [5.41, 5.74) is 1.34. The minimum absolute atomic E-state index is 0.401. The van der Waals surface area contributed by atoms with E-state index >= 15 is 0 Å². The summed E-state index contributed by atoms with van der Waals surface area (Å²) in [6.45, 7) is 2.25. The van der Waals surface area contributed by atoms with Crippen LogP contribution in [0.3, 0.4) is 0 Å². The molecule has 2 rings (SSSR count). The highest BCUT2D eigenvalue weighted by Gasteiger charge is 2.25. The second-order valence-electron chi connectivity index (χ2n) is 4.92. The first-order valence-corrected chi connectivity index (χ1v) is 9.21. The summed E-state index contributed by atoms with van der Waals surface area (Å²) in [6, 6.07) is 7.49. The molecular formula is C14H19Br2NS. The van der Waals surface area contributed by atoms with Crippen molar-refractivity contribution in [2.75, 3.05) is 6.26 Å². The fourth-order valence-electron chi connectivity index (χ4n) is 2.60. The van der Waals surface area contributed by atoms with Gasteiger partial charge < -0.3 is 5.32 Å². The number of rotatable bonds is 4. The third-order valence-electron chi connectivity index (χ3n) is 3.63. The minimum atomic E-state index is 0.401. The van der Waals surface area contributed by atoms with Crippen molar-refractivity contribution in [3.05, 3.63) is 32.7 Å². The maximum atomic E-state index is 3.76. The Bertz CT molecular complexity index is 411. The van der Waals surface area contributed by atoms with E-state index in [-0.39, 0.29) is 0 Å². The molecule has 1 aliphatic rings. The van der Waals surface area contributed by atoms with Gasteiger partial charge in [0.25, 0.3) is 0 Å². The normalized spacial score (nSPS) is 25.3. The summed E-state index contributed by atoms with van der Waals surface area (Å²) in [4.78, 5) is 0. The van der Waals surface area contributed by atoms with Crippen molar-refractivity contribution in [3.63, 3.8) is 0 Å². The summed E-state index contributed by atoms with van der Waals surface area (Å²) in [6.07, 6.45) is 6.19. The first-order valence-electron chi connectivity index (χ1n) is 6.34. The monoisotopic (exact) mass is 391 g/mol. The second kappa shape index (κ2) is 6.78. The zero-order chi connectivity index (χ0) is 13.1. The Morgan fingerprint density at radius 3 is 2.72 bits per heavy atom. The lowest BCUT2D eigenvalue weighted by molar-refractivity contribution is 0.461. The minimum Gasteiger partial charge on any atom is -0.307 e. The molecule has 1 aliphatic carbocycles. The van der Waals surface area contributed by atoms with Crippen molar-refractivity contribution in [3.8, 4) is 0 Å². The Morgan fingerprint density at radius 2 is 2.11 bits per heavy atom. The van der Waals surface area contributed by atoms with Crippen LogP contribution < -0.4 is 5.32 Å². The Kier molecular flexibility index (Phi) is 5.61. The molecule has 0 aliphatic heterocycles. The molecule has 1 aromatic carbocycles. The molecule has 1 saturated carbocycles. The van der Waals surface area contributed by atoms with E-state index in [9.17, 15) is 0 Å². The van der Waals surface area contributed by atoms with Gasteiger partial charge in [-0.05, 0) is 50.1 Å². The Balaban J connectivity index is 1.97. The van der Waals surface area contributed by atoms with Gasteiger partial charge in [-0.15, -0.1) is 0 Å². The molecule has 3 atom stereocenters. The lowest BCUT2D eigenvalue weighted by atomic mass is 10.1. The molecule has 0 spiro atoms. The van der Waals surface area contributed by atoms with Gasteiger partial charge in [0.2, 0.25) is 0 Å². The molecule has 3 unspecified atom stereocenters. The van der Waals surface area contributed by atoms with Crippen molar-refractivity contribution in [1.82, 2.24) is 5.32 Å². The molecule has 1 nitrogen and oxygen atoms in total. The van der Waals surface area contributed by atoms with E-state index in [1.54, 1.807) is 0 Å². The summed E-state index contributed by atoms with van der Waals surface area (Å²) < 4.78 is 2.30. The Labute approximate surface area is 131 Å². The van der Waals surface area contributed by atoms with E-state index < -0.39 is 0 Å². The molecule has 100 valence electrons. The summed E-state index contributed by atoms with van der Waals surface area (Å²) in [7, 11) is 0. The predicted molar refractivity (Wildman–Crippen MR) is 88.3 cm³/mol.